The Balaban J connectivity index is 2.02. The fourth-order valence-corrected chi connectivity index (χ4v) is 2.63. The van der Waals surface area contributed by atoms with Crippen molar-refractivity contribution in [2.45, 2.75) is 25.4 Å². The second kappa shape index (κ2) is 5.10. The fraction of sp³-hybridized carbons (Fsp3) is 0.500. The van der Waals surface area contributed by atoms with Crippen molar-refractivity contribution in [3.05, 3.63) is 34.3 Å². The number of benzene rings is 1. The van der Waals surface area contributed by atoms with Gasteiger partial charge in [0.1, 0.15) is 0 Å². The van der Waals surface area contributed by atoms with Gasteiger partial charge in [0.05, 0.1) is 6.61 Å². The van der Waals surface area contributed by atoms with Crippen LogP contribution in [0.3, 0.4) is 0 Å². The van der Waals surface area contributed by atoms with Gasteiger partial charge in [-0.2, -0.15) is 0 Å². The molecule has 0 bridgehead atoms. The molecule has 0 aromatic heterocycles. The van der Waals surface area contributed by atoms with Gasteiger partial charge in [0.25, 0.3) is 0 Å². The van der Waals surface area contributed by atoms with Crippen molar-refractivity contribution in [2.75, 3.05) is 13.2 Å². The predicted molar refractivity (Wildman–Crippen MR) is 64.7 cm³/mol. The zero-order valence-corrected chi connectivity index (χ0v) is 10.3. The van der Waals surface area contributed by atoms with Crippen LogP contribution in [0.2, 0.25) is 0 Å². The normalized spacial score (nSPS) is 22.1. The van der Waals surface area contributed by atoms with E-state index in [2.05, 4.69) is 39.0 Å². The van der Waals surface area contributed by atoms with Crippen molar-refractivity contribution in [1.82, 2.24) is 4.90 Å². The number of aliphatic hydroxyl groups excluding tert-OH is 1. The highest BCUT2D eigenvalue weighted by Gasteiger charge is 2.23. The number of hydrogen-bond acceptors (Lipinski definition) is 2. The van der Waals surface area contributed by atoms with E-state index in [0.29, 0.717) is 6.04 Å². The van der Waals surface area contributed by atoms with Crippen LogP contribution < -0.4 is 0 Å². The molecule has 1 aliphatic rings. The van der Waals surface area contributed by atoms with E-state index in [1.165, 1.54) is 12.0 Å². The SMILES string of the molecule is OC[C@H]1CCCN1Cc1cccc(Br)c1. The standard InChI is InChI=1S/C12H16BrNO/c13-11-4-1-3-10(7-11)8-14-6-2-5-12(14)9-15/h1,3-4,7,12,15H,2,5-6,8-9H2/t12-/m1/s1. The van der Waals surface area contributed by atoms with Gasteiger partial charge in [-0.25, -0.2) is 0 Å². The minimum atomic E-state index is 0.286. The van der Waals surface area contributed by atoms with Gasteiger partial charge in [0, 0.05) is 17.1 Å². The smallest absolute Gasteiger partial charge is 0.0587 e. The largest absolute Gasteiger partial charge is 0.395 e. The highest BCUT2D eigenvalue weighted by molar-refractivity contribution is 9.10. The number of rotatable bonds is 3. The Bertz CT molecular complexity index is 329. The van der Waals surface area contributed by atoms with Gasteiger partial charge in [-0.05, 0) is 37.1 Å². The first kappa shape index (κ1) is 11.1. The Morgan fingerprint density at radius 2 is 2.33 bits per heavy atom. The van der Waals surface area contributed by atoms with Crippen LogP contribution in [0, 0.1) is 0 Å². The lowest BCUT2D eigenvalue weighted by Crippen LogP contribution is -2.31. The van der Waals surface area contributed by atoms with Crippen molar-refractivity contribution >= 4 is 15.9 Å². The summed E-state index contributed by atoms with van der Waals surface area (Å²) in [5.74, 6) is 0. The van der Waals surface area contributed by atoms with Crippen LogP contribution in [-0.2, 0) is 6.54 Å². The van der Waals surface area contributed by atoms with Crippen LogP contribution in [0.25, 0.3) is 0 Å². The molecular weight excluding hydrogens is 254 g/mol. The molecule has 0 spiro atoms. The second-order valence-corrected chi connectivity index (χ2v) is 4.99. The van der Waals surface area contributed by atoms with Gasteiger partial charge >= 0.3 is 0 Å². The van der Waals surface area contributed by atoms with Gasteiger partial charge in [-0.1, -0.05) is 28.1 Å². The Morgan fingerprint density at radius 3 is 3.07 bits per heavy atom. The third-order valence-corrected chi connectivity index (χ3v) is 3.48. The summed E-state index contributed by atoms with van der Waals surface area (Å²) in [5, 5.41) is 9.22. The maximum absolute atomic E-state index is 9.22. The predicted octanol–water partition coefficient (Wildman–Crippen LogP) is 2.41. The van der Waals surface area contributed by atoms with Gasteiger partial charge in [0.2, 0.25) is 0 Å². The van der Waals surface area contributed by atoms with E-state index in [0.717, 1.165) is 24.0 Å². The van der Waals surface area contributed by atoms with E-state index >= 15 is 0 Å². The molecule has 1 aliphatic heterocycles. The van der Waals surface area contributed by atoms with Crippen LogP contribution in [-0.4, -0.2) is 29.2 Å². The quantitative estimate of drug-likeness (QED) is 0.911. The van der Waals surface area contributed by atoms with Crippen LogP contribution in [0.5, 0.6) is 0 Å². The molecule has 0 aliphatic carbocycles. The van der Waals surface area contributed by atoms with Crippen molar-refractivity contribution in [2.24, 2.45) is 0 Å². The first-order valence-corrected chi connectivity index (χ1v) is 6.18. The summed E-state index contributed by atoms with van der Waals surface area (Å²) in [7, 11) is 0. The number of hydrogen-bond donors (Lipinski definition) is 1. The van der Waals surface area contributed by atoms with Crippen LogP contribution >= 0.6 is 15.9 Å². The molecule has 2 nitrogen and oxygen atoms in total. The van der Waals surface area contributed by atoms with Crippen molar-refractivity contribution in [1.29, 1.82) is 0 Å². The first-order valence-electron chi connectivity index (χ1n) is 5.39. The molecule has 0 amide bonds. The maximum atomic E-state index is 9.22. The number of nitrogens with zero attached hydrogens (tertiary/aromatic N) is 1. The van der Waals surface area contributed by atoms with Gasteiger partial charge in [-0.3, -0.25) is 4.90 Å². The minimum absolute atomic E-state index is 0.286. The van der Waals surface area contributed by atoms with Crippen LogP contribution in [0.1, 0.15) is 18.4 Å². The highest BCUT2D eigenvalue weighted by Crippen LogP contribution is 2.20. The minimum Gasteiger partial charge on any atom is -0.395 e. The second-order valence-electron chi connectivity index (χ2n) is 4.08. The van der Waals surface area contributed by atoms with Gasteiger partial charge in [-0.15, -0.1) is 0 Å². The molecule has 1 atom stereocenters. The third-order valence-electron chi connectivity index (χ3n) is 2.98. The van der Waals surface area contributed by atoms with E-state index in [1.54, 1.807) is 0 Å². The summed E-state index contributed by atoms with van der Waals surface area (Å²) in [5.41, 5.74) is 1.31. The molecule has 1 heterocycles. The molecule has 1 aromatic rings. The molecule has 1 N–H and O–H groups in total. The highest BCUT2D eigenvalue weighted by atomic mass is 79.9. The Kier molecular flexibility index (Phi) is 3.78. The number of halogens is 1. The lowest BCUT2D eigenvalue weighted by atomic mass is 10.2. The molecule has 3 heteroatoms. The Labute approximate surface area is 99.0 Å². The lowest BCUT2D eigenvalue weighted by Gasteiger charge is -2.22. The topological polar surface area (TPSA) is 23.5 Å². The van der Waals surface area contributed by atoms with E-state index in [9.17, 15) is 5.11 Å². The molecule has 1 fully saturated rings. The average Bonchev–Trinajstić information content (AvgIpc) is 2.65. The summed E-state index contributed by atoms with van der Waals surface area (Å²) in [6.45, 7) is 2.34. The van der Waals surface area contributed by atoms with E-state index < -0.39 is 0 Å². The molecule has 0 radical (unpaired) electrons. The molecule has 1 saturated heterocycles. The molecule has 1 aromatic carbocycles. The van der Waals surface area contributed by atoms with Gasteiger partial charge in [0.15, 0.2) is 0 Å². The molecular formula is C12H16BrNO. The summed E-state index contributed by atoms with van der Waals surface area (Å²) in [6, 6.07) is 8.74. The monoisotopic (exact) mass is 269 g/mol. The fourth-order valence-electron chi connectivity index (χ4n) is 2.18. The zero-order chi connectivity index (χ0) is 10.7. The van der Waals surface area contributed by atoms with Crippen LogP contribution in [0.15, 0.2) is 28.7 Å². The van der Waals surface area contributed by atoms with Crippen molar-refractivity contribution in [3.63, 3.8) is 0 Å². The summed E-state index contributed by atoms with van der Waals surface area (Å²) >= 11 is 3.48. The molecule has 0 unspecified atom stereocenters. The first-order chi connectivity index (χ1) is 7.29. The molecule has 15 heavy (non-hydrogen) atoms. The van der Waals surface area contributed by atoms with Crippen molar-refractivity contribution < 1.29 is 5.11 Å². The third kappa shape index (κ3) is 2.80. The molecule has 2 rings (SSSR count). The van der Waals surface area contributed by atoms with E-state index in [4.69, 9.17) is 0 Å². The van der Waals surface area contributed by atoms with E-state index in [1.807, 2.05) is 6.07 Å². The summed E-state index contributed by atoms with van der Waals surface area (Å²) in [6.07, 6.45) is 2.34. The van der Waals surface area contributed by atoms with Crippen molar-refractivity contribution in [3.8, 4) is 0 Å². The Hall–Kier alpha value is -0.380. The Morgan fingerprint density at radius 1 is 1.47 bits per heavy atom. The van der Waals surface area contributed by atoms with Gasteiger partial charge < -0.3 is 5.11 Å². The molecule has 0 saturated carbocycles. The summed E-state index contributed by atoms with van der Waals surface area (Å²) < 4.78 is 1.12. The average molecular weight is 270 g/mol. The van der Waals surface area contributed by atoms with Crippen LogP contribution in [0.4, 0.5) is 0 Å². The number of likely N-dealkylation sites (tertiary alicyclic amines) is 1. The maximum Gasteiger partial charge on any atom is 0.0587 e. The molecule has 82 valence electrons. The lowest BCUT2D eigenvalue weighted by molar-refractivity contribution is 0.153. The van der Waals surface area contributed by atoms with E-state index in [-0.39, 0.29) is 6.61 Å². The zero-order valence-electron chi connectivity index (χ0n) is 8.69. The summed E-state index contributed by atoms with van der Waals surface area (Å²) in [4.78, 5) is 2.36. The number of aliphatic hydroxyl groups is 1.